The molecule has 7 nitrogen and oxygen atoms in total. The van der Waals surface area contributed by atoms with E-state index in [1.807, 2.05) is 6.07 Å². The molecule has 0 saturated heterocycles. The van der Waals surface area contributed by atoms with Crippen molar-refractivity contribution in [3.63, 3.8) is 0 Å². The van der Waals surface area contributed by atoms with E-state index in [1.165, 1.54) is 0 Å². The van der Waals surface area contributed by atoms with E-state index in [0.717, 1.165) is 5.56 Å². The van der Waals surface area contributed by atoms with Crippen LogP contribution >= 0.6 is 0 Å². The summed E-state index contributed by atoms with van der Waals surface area (Å²) in [4.78, 5) is 23.5. The molecule has 0 atom stereocenters. The Morgan fingerprint density at radius 2 is 2.14 bits per heavy atom. The first kappa shape index (κ1) is 15.7. The first-order chi connectivity index (χ1) is 10.6. The Hall–Kier alpha value is -2.67. The van der Waals surface area contributed by atoms with Crippen LogP contribution in [0.3, 0.4) is 0 Å². The van der Waals surface area contributed by atoms with E-state index in [9.17, 15) is 9.59 Å². The van der Waals surface area contributed by atoms with Crippen molar-refractivity contribution >= 4 is 17.8 Å². The number of hydrogen-bond donors (Lipinski definition) is 1. The first-order valence-corrected chi connectivity index (χ1v) is 6.56. The molecule has 1 aromatic carbocycles. The molecule has 0 spiro atoms. The Bertz CT molecular complexity index is 665. The summed E-state index contributed by atoms with van der Waals surface area (Å²) < 4.78 is 14.8. The van der Waals surface area contributed by atoms with Crippen molar-refractivity contribution in [3.8, 4) is 0 Å². The molecule has 0 aliphatic carbocycles. The van der Waals surface area contributed by atoms with Gasteiger partial charge in [-0.25, -0.2) is 4.79 Å². The topological polar surface area (TPSA) is 90.7 Å². The molecular weight excluding hydrogens is 288 g/mol. The smallest absolute Gasteiger partial charge is 0.338 e. The third kappa shape index (κ3) is 4.42. The highest BCUT2D eigenvalue weighted by Gasteiger charge is 2.12. The molecule has 1 heterocycles. The predicted octanol–water partition coefficient (Wildman–Crippen LogP) is 1.92. The molecule has 0 fully saturated rings. The summed E-state index contributed by atoms with van der Waals surface area (Å²) in [7, 11) is 1.57. The minimum absolute atomic E-state index is 0.209. The quantitative estimate of drug-likeness (QED) is 0.820. The van der Waals surface area contributed by atoms with E-state index in [0.29, 0.717) is 17.9 Å². The summed E-state index contributed by atoms with van der Waals surface area (Å²) in [5.74, 6) is -0.875. The molecule has 1 amide bonds. The van der Waals surface area contributed by atoms with Gasteiger partial charge in [0.1, 0.15) is 0 Å². The Morgan fingerprint density at radius 3 is 2.82 bits per heavy atom. The second-order valence-electron chi connectivity index (χ2n) is 4.59. The van der Waals surface area contributed by atoms with Gasteiger partial charge < -0.3 is 14.0 Å². The molecule has 1 aromatic heterocycles. The van der Waals surface area contributed by atoms with Crippen LogP contribution in [0.25, 0.3) is 0 Å². The lowest BCUT2D eigenvalue weighted by Gasteiger charge is -2.06. The Labute approximate surface area is 127 Å². The van der Waals surface area contributed by atoms with Crippen LogP contribution in [0.15, 0.2) is 34.9 Å². The SMILES string of the molecule is COCc1cccc(C(=O)OCC(=O)Nc2cc(C)no2)c1. The molecule has 7 heteroatoms. The fourth-order valence-corrected chi connectivity index (χ4v) is 1.77. The first-order valence-electron chi connectivity index (χ1n) is 6.56. The van der Waals surface area contributed by atoms with Gasteiger partial charge >= 0.3 is 5.97 Å². The van der Waals surface area contributed by atoms with Crippen LogP contribution in [0.1, 0.15) is 21.6 Å². The largest absolute Gasteiger partial charge is 0.452 e. The number of esters is 1. The van der Waals surface area contributed by atoms with E-state index in [4.69, 9.17) is 14.0 Å². The number of anilines is 1. The summed E-state index contributed by atoms with van der Waals surface area (Å²) in [6.45, 7) is 1.71. The van der Waals surface area contributed by atoms with Gasteiger partial charge in [0.2, 0.25) is 5.88 Å². The summed E-state index contributed by atoms with van der Waals surface area (Å²) in [6, 6.07) is 8.39. The zero-order valence-corrected chi connectivity index (χ0v) is 12.3. The summed E-state index contributed by atoms with van der Waals surface area (Å²) >= 11 is 0. The number of carbonyl (C=O) groups excluding carboxylic acids is 2. The van der Waals surface area contributed by atoms with Crippen molar-refractivity contribution in [1.82, 2.24) is 5.16 Å². The van der Waals surface area contributed by atoms with Crippen LogP contribution in [0.2, 0.25) is 0 Å². The number of nitrogens with one attached hydrogen (secondary N) is 1. The third-order valence-electron chi connectivity index (χ3n) is 2.70. The number of hydrogen-bond acceptors (Lipinski definition) is 6. The molecule has 0 aliphatic heterocycles. The zero-order chi connectivity index (χ0) is 15.9. The van der Waals surface area contributed by atoms with Gasteiger partial charge in [0.15, 0.2) is 6.61 Å². The Kier molecular flexibility index (Phi) is 5.26. The van der Waals surface area contributed by atoms with Gasteiger partial charge in [0, 0.05) is 13.2 Å². The average Bonchev–Trinajstić information content (AvgIpc) is 2.90. The van der Waals surface area contributed by atoms with Crippen LogP contribution < -0.4 is 5.32 Å². The summed E-state index contributed by atoms with van der Waals surface area (Å²) in [5, 5.41) is 6.07. The van der Waals surface area contributed by atoms with Gasteiger partial charge in [-0.15, -0.1) is 0 Å². The molecule has 0 unspecified atom stereocenters. The van der Waals surface area contributed by atoms with Gasteiger partial charge in [-0.3, -0.25) is 10.1 Å². The van der Waals surface area contributed by atoms with Crippen LogP contribution in [0, 0.1) is 6.92 Å². The number of benzene rings is 1. The molecule has 0 saturated carbocycles. The molecule has 1 N–H and O–H groups in total. The van der Waals surface area contributed by atoms with Crippen molar-refractivity contribution < 1.29 is 23.6 Å². The van der Waals surface area contributed by atoms with Gasteiger partial charge in [-0.1, -0.05) is 17.3 Å². The molecule has 0 aliphatic rings. The second kappa shape index (κ2) is 7.37. The minimum atomic E-state index is -0.582. The maximum absolute atomic E-state index is 11.9. The molecule has 0 bridgehead atoms. The lowest BCUT2D eigenvalue weighted by molar-refractivity contribution is -0.119. The molecule has 0 radical (unpaired) electrons. The average molecular weight is 304 g/mol. The summed E-state index contributed by atoms with van der Waals surface area (Å²) in [5.41, 5.74) is 1.85. The number of aromatic nitrogens is 1. The van der Waals surface area contributed by atoms with Crippen LogP contribution in [0.5, 0.6) is 0 Å². The van der Waals surface area contributed by atoms with Crippen molar-refractivity contribution in [2.75, 3.05) is 19.0 Å². The number of amides is 1. The van der Waals surface area contributed by atoms with E-state index < -0.39 is 18.5 Å². The number of ether oxygens (including phenoxy) is 2. The molecule has 2 aromatic rings. The van der Waals surface area contributed by atoms with Crippen molar-refractivity contribution in [2.24, 2.45) is 0 Å². The van der Waals surface area contributed by atoms with Crippen LogP contribution in [0.4, 0.5) is 5.88 Å². The fraction of sp³-hybridized carbons (Fsp3) is 0.267. The van der Waals surface area contributed by atoms with E-state index in [2.05, 4.69) is 10.5 Å². The maximum atomic E-state index is 11.9. The number of aryl methyl sites for hydroxylation is 1. The van der Waals surface area contributed by atoms with Gasteiger partial charge in [-0.2, -0.15) is 0 Å². The summed E-state index contributed by atoms with van der Waals surface area (Å²) in [6.07, 6.45) is 0. The van der Waals surface area contributed by atoms with Crippen LogP contribution in [-0.2, 0) is 20.9 Å². The van der Waals surface area contributed by atoms with Gasteiger partial charge in [0.25, 0.3) is 5.91 Å². The van der Waals surface area contributed by atoms with E-state index in [-0.39, 0.29) is 5.88 Å². The van der Waals surface area contributed by atoms with Crippen LogP contribution in [-0.4, -0.2) is 30.7 Å². The normalized spacial score (nSPS) is 10.3. The lowest BCUT2D eigenvalue weighted by atomic mass is 10.1. The number of rotatable bonds is 6. The minimum Gasteiger partial charge on any atom is -0.452 e. The Morgan fingerprint density at radius 1 is 1.32 bits per heavy atom. The Balaban J connectivity index is 1.86. The number of nitrogens with zero attached hydrogens (tertiary/aromatic N) is 1. The lowest BCUT2D eigenvalue weighted by Crippen LogP contribution is -2.20. The highest BCUT2D eigenvalue weighted by Crippen LogP contribution is 2.09. The van der Waals surface area contributed by atoms with E-state index >= 15 is 0 Å². The van der Waals surface area contributed by atoms with Gasteiger partial charge in [-0.05, 0) is 24.6 Å². The molecule has 2 rings (SSSR count). The maximum Gasteiger partial charge on any atom is 0.338 e. The third-order valence-corrected chi connectivity index (χ3v) is 2.70. The van der Waals surface area contributed by atoms with Crippen molar-refractivity contribution in [2.45, 2.75) is 13.5 Å². The second-order valence-corrected chi connectivity index (χ2v) is 4.59. The molecular formula is C15H16N2O5. The van der Waals surface area contributed by atoms with Crippen molar-refractivity contribution in [1.29, 1.82) is 0 Å². The fourth-order valence-electron chi connectivity index (χ4n) is 1.77. The number of carbonyl (C=O) groups is 2. The number of methoxy groups -OCH3 is 1. The van der Waals surface area contributed by atoms with Crippen molar-refractivity contribution in [3.05, 3.63) is 47.2 Å². The highest BCUT2D eigenvalue weighted by atomic mass is 16.5. The monoisotopic (exact) mass is 304 g/mol. The molecule has 116 valence electrons. The zero-order valence-electron chi connectivity index (χ0n) is 12.3. The predicted molar refractivity (Wildman–Crippen MR) is 77.3 cm³/mol. The van der Waals surface area contributed by atoms with Gasteiger partial charge in [0.05, 0.1) is 17.9 Å². The standard InChI is InChI=1S/C15H16N2O5/c1-10-6-14(22-17-10)16-13(18)9-21-15(19)12-5-3-4-11(7-12)8-20-2/h3-7H,8-9H2,1-2H3,(H,16,18). The van der Waals surface area contributed by atoms with E-state index in [1.54, 1.807) is 38.3 Å². The molecule has 22 heavy (non-hydrogen) atoms. The highest BCUT2D eigenvalue weighted by molar-refractivity contribution is 5.94.